The van der Waals surface area contributed by atoms with Crippen molar-refractivity contribution in [1.29, 1.82) is 0 Å². The standard InChI is InChI=1S/C7H14S/c1-2-3-4-5-6-7-8/h6-8H,2-5H2,1H3/b7-6+. The fraction of sp³-hybridized carbons (Fsp3) is 0.714. The maximum atomic E-state index is 3.94. The molecule has 0 heterocycles. The summed E-state index contributed by atoms with van der Waals surface area (Å²) in [7, 11) is 0. The molecule has 0 aromatic heterocycles. The van der Waals surface area contributed by atoms with Crippen LogP contribution in [0.4, 0.5) is 0 Å². The summed E-state index contributed by atoms with van der Waals surface area (Å²) in [6, 6.07) is 0. The van der Waals surface area contributed by atoms with Crippen molar-refractivity contribution in [2.24, 2.45) is 0 Å². The van der Waals surface area contributed by atoms with Crippen LogP contribution < -0.4 is 0 Å². The monoisotopic (exact) mass is 130 g/mol. The third kappa shape index (κ3) is 6.09. The van der Waals surface area contributed by atoms with Crippen LogP contribution in [0.25, 0.3) is 0 Å². The van der Waals surface area contributed by atoms with Gasteiger partial charge in [-0.15, -0.1) is 0 Å². The molecule has 0 fully saturated rings. The van der Waals surface area contributed by atoms with Crippen molar-refractivity contribution in [3.05, 3.63) is 11.5 Å². The van der Waals surface area contributed by atoms with Crippen molar-refractivity contribution in [1.82, 2.24) is 0 Å². The van der Waals surface area contributed by atoms with Crippen LogP contribution in [0.15, 0.2) is 11.5 Å². The van der Waals surface area contributed by atoms with Gasteiger partial charge in [-0.05, 0) is 18.2 Å². The first kappa shape index (κ1) is 8.09. The Bertz CT molecular complexity index is 57.4. The van der Waals surface area contributed by atoms with Crippen LogP contribution >= 0.6 is 12.6 Å². The van der Waals surface area contributed by atoms with Gasteiger partial charge in [-0.25, -0.2) is 0 Å². The number of hydrogen-bond donors (Lipinski definition) is 1. The Morgan fingerprint density at radius 3 is 2.62 bits per heavy atom. The lowest BCUT2D eigenvalue weighted by molar-refractivity contribution is 0.729. The second-order valence-electron chi connectivity index (χ2n) is 1.88. The van der Waals surface area contributed by atoms with Crippen molar-refractivity contribution >= 4 is 12.6 Å². The molecule has 0 N–H and O–H groups in total. The van der Waals surface area contributed by atoms with E-state index in [-0.39, 0.29) is 0 Å². The van der Waals surface area contributed by atoms with Gasteiger partial charge in [-0.3, -0.25) is 0 Å². The molecule has 0 unspecified atom stereocenters. The van der Waals surface area contributed by atoms with Gasteiger partial charge in [0.05, 0.1) is 0 Å². The second-order valence-corrected chi connectivity index (χ2v) is 2.18. The van der Waals surface area contributed by atoms with Crippen molar-refractivity contribution in [2.75, 3.05) is 0 Å². The molecule has 0 saturated heterocycles. The van der Waals surface area contributed by atoms with Gasteiger partial charge in [-0.1, -0.05) is 25.8 Å². The van der Waals surface area contributed by atoms with E-state index in [0.29, 0.717) is 0 Å². The van der Waals surface area contributed by atoms with Gasteiger partial charge >= 0.3 is 0 Å². The third-order valence-corrected chi connectivity index (χ3v) is 1.29. The van der Waals surface area contributed by atoms with E-state index in [1.54, 1.807) is 0 Å². The number of unbranched alkanes of at least 4 members (excludes halogenated alkanes) is 3. The van der Waals surface area contributed by atoms with Crippen LogP contribution in [-0.4, -0.2) is 0 Å². The maximum Gasteiger partial charge on any atom is -0.0343 e. The highest BCUT2D eigenvalue weighted by atomic mass is 32.1. The van der Waals surface area contributed by atoms with Crippen LogP contribution in [-0.2, 0) is 0 Å². The molecule has 0 aliphatic carbocycles. The molecule has 0 spiro atoms. The van der Waals surface area contributed by atoms with E-state index in [2.05, 4.69) is 25.6 Å². The predicted octanol–water partition coefficient (Wildman–Crippen LogP) is 3.01. The third-order valence-electron chi connectivity index (χ3n) is 1.08. The SMILES string of the molecule is CCCCC/C=C/S. The van der Waals surface area contributed by atoms with Crippen LogP contribution in [0.3, 0.4) is 0 Å². The minimum absolute atomic E-state index is 1.19. The fourth-order valence-electron chi connectivity index (χ4n) is 0.587. The average Bonchev–Trinajstić information content (AvgIpc) is 1.81. The number of thiol groups is 1. The van der Waals surface area contributed by atoms with Gasteiger partial charge in [0.2, 0.25) is 0 Å². The van der Waals surface area contributed by atoms with E-state index in [1.165, 1.54) is 25.7 Å². The van der Waals surface area contributed by atoms with Crippen LogP contribution in [0, 0.1) is 0 Å². The number of hydrogen-bond acceptors (Lipinski definition) is 1. The van der Waals surface area contributed by atoms with Crippen LogP contribution in [0.5, 0.6) is 0 Å². The molecule has 1 heteroatoms. The first-order chi connectivity index (χ1) is 3.91. The lowest BCUT2D eigenvalue weighted by Gasteiger charge is -1.88. The Morgan fingerprint density at radius 1 is 1.38 bits per heavy atom. The van der Waals surface area contributed by atoms with Crippen LogP contribution in [0.2, 0.25) is 0 Å². The fourth-order valence-corrected chi connectivity index (χ4v) is 0.736. The molecule has 0 aromatic carbocycles. The smallest absolute Gasteiger partial charge is 0.0343 e. The predicted molar refractivity (Wildman–Crippen MR) is 42.3 cm³/mol. The first-order valence-electron chi connectivity index (χ1n) is 3.21. The summed E-state index contributed by atoms with van der Waals surface area (Å²) in [5.41, 5.74) is 0. The summed E-state index contributed by atoms with van der Waals surface area (Å²) < 4.78 is 0. The van der Waals surface area contributed by atoms with Crippen LogP contribution in [0.1, 0.15) is 32.6 Å². The van der Waals surface area contributed by atoms with E-state index < -0.39 is 0 Å². The van der Waals surface area contributed by atoms with Crippen molar-refractivity contribution < 1.29 is 0 Å². The minimum Gasteiger partial charge on any atom is -0.152 e. The lowest BCUT2D eigenvalue weighted by Crippen LogP contribution is -1.68. The van der Waals surface area contributed by atoms with E-state index in [4.69, 9.17) is 0 Å². The summed E-state index contributed by atoms with van der Waals surface area (Å²) >= 11 is 3.94. The lowest BCUT2D eigenvalue weighted by atomic mass is 10.2. The zero-order chi connectivity index (χ0) is 6.24. The summed E-state index contributed by atoms with van der Waals surface area (Å²) in [4.78, 5) is 0. The summed E-state index contributed by atoms with van der Waals surface area (Å²) in [6.45, 7) is 2.21. The molecule has 0 rings (SSSR count). The Kier molecular flexibility index (Phi) is 7.17. The average molecular weight is 130 g/mol. The molecule has 0 aliphatic rings. The number of allylic oxidation sites excluding steroid dienone is 1. The molecule has 48 valence electrons. The topological polar surface area (TPSA) is 0 Å². The molecule has 8 heavy (non-hydrogen) atoms. The highest BCUT2D eigenvalue weighted by Gasteiger charge is 1.78. The summed E-state index contributed by atoms with van der Waals surface area (Å²) in [6.07, 6.45) is 7.25. The van der Waals surface area contributed by atoms with Gasteiger partial charge in [0, 0.05) is 0 Å². The summed E-state index contributed by atoms with van der Waals surface area (Å²) in [5.74, 6) is 0. The largest absolute Gasteiger partial charge is 0.152 e. The number of rotatable bonds is 4. The van der Waals surface area contributed by atoms with E-state index in [0.717, 1.165) is 0 Å². The van der Waals surface area contributed by atoms with Crippen molar-refractivity contribution in [3.63, 3.8) is 0 Å². The molecule has 0 atom stereocenters. The minimum atomic E-state index is 1.19. The van der Waals surface area contributed by atoms with Gasteiger partial charge in [0.15, 0.2) is 0 Å². The Labute approximate surface area is 57.4 Å². The Hall–Kier alpha value is 0.0900. The molecule has 0 bridgehead atoms. The normalized spacial score (nSPS) is 10.8. The molecular formula is C7H14S. The highest BCUT2D eigenvalue weighted by molar-refractivity contribution is 7.83. The van der Waals surface area contributed by atoms with Gasteiger partial charge in [0.1, 0.15) is 0 Å². The zero-order valence-corrected chi connectivity index (χ0v) is 6.32. The van der Waals surface area contributed by atoms with Gasteiger partial charge < -0.3 is 0 Å². The van der Waals surface area contributed by atoms with E-state index in [9.17, 15) is 0 Å². The molecule has 0 radical (unpaired) electrons. The van der Waals surface area contributed by atoms with Crippen molar-refractivity contribution in [2.45, 2.75) is 32.6 Å². The van der Waals surface area contributed by atoms with Crippen molar-refractivity contribution in [3.8, 4) is 0 Å². The molecular weight excluding hydrogens is 116 g/mol. The van der Waals surface area contributed by atoms with E-state index in [1.807, 2.05) is 5.41 Å². The molecule has 0 aromatic rings. The highest BCUT2D eigenvalue weighted by Crippen LogP contribution is 1.99. The summed E-state index contributed by atoms with van der Waals surface area (Å²) in [5, 5.41) is 1.82. The molecule has 0 saturated carbocycles. The van der Waals surface area contributed by atoms with Gasteiger partial charge in [0.25, 0.3) is 0 Å². The maximum absolute atomic E-state index is 3.94. The molecule has 0 amide bonds. The molecule has 0 aliphatic heterocycles. The Morgan fingerprint density at radius 2 is 2.12 bits per heavy atom. The zero-order valence-electron chi connectivity index (χ0n) is 5.43. The van der Waals surface area contributed by atoms with E-state index >= 15 is 0 Å². The Balaban J connectivity index is 2.72. The first-order valence-corrected chi connectivity index (χ1v) is 3.72. The second kappa shape index (κ2) is 7.09. The quantitative estimate of drug-likeness (QED) is 0.439. The molecule has 0 nitrogen and oxygen atoms in total. The van der Waals surface area contributed by atoms with Gasteiger partial charge in [-0.2, -0.15) is 12.6 Å².